The van der Waals surface area contributed by atoms with Gasteiger partial charge < -0.3 is 24.4 Å². The van der Waals surface area contributed by atoms with Gasteiger partial charge in [0.1, 0.15) is 11.6 Å². The van der Waals surface area contributed by atoms with Gasteiger partial charge in [-0.15, -0.1) is 0 Å². The van der Waals surface area contributed by atoms with Gasteiger partial charge in [-0.3, -0.25) is 4.79 Å². The van der Waals surface area contributed by atoms with Crippen molar-refractivity contribution < 1.29 is 9.53 Å². The smallest absolute Gasteiger partial charge is 0.251 e. The van der Waals surface area contributed by atoms with Crippen LogP contribution in [0.15, 0.2) is 42.7 Å². The molecule has 31 heavy (non-hydrogen) atoms. The fourth-order valence-electron chi connectivity index (χ4n) is 4.20. The number of amides is 1. The van der Waals surface area contributed by atoms with Crippen molar-refractivity contribution >= 4 is 22.6 Å². The van der Waals surface area contributed by atoms with Gasteiger partial charge in [0.05, 0.1) is 7.11 Å². The molecule has 7 heteroatoms. The predicted octanol–water partition coefficient (Wildman–Crippen LogP) is 2.69. The maximum atomic E-state index is 12.9. The maximum Gasteiger partial charge on any atom is 0.251 e. The number of piperazine rings is 1. The van der Waals surface area contributed by atoms with E-state index in [9.17, 15) is 4.79 Å². The third-order valence-corrected chi connectivity index (χ3v) is 6.02. The first-order chi connectivity index (χ1) is 14.9. The minimum absolute atomic E-state index is 0.00967. The van der Waals surface area contributed by atoms with Gasteiger partial charge in [-0.05, 0) is 56.3 Å². The van der Waals surface area contributed by atoms with Crippen molar-refractivity contribution in [2.75, 3.05) is 45.2 Å². The van der Waals surface area contributed by atoms with Crippen molar-refractivity contribution in [2.45, 2.75) is 19.4 Å². The summed E-state index contributed by atoms with van der Waals surface area (Å²) in [4.78, 5) is 21.9. The number of rotatable bonds is 6. The van der Waals surface area contributed by atoms with Gasteiger partial charge in [0.15, 0.2) is 0 Å². The highest BCUT2D eigenvalue weighted by atomic mass is 16.5. The molecule has 4 rings (SSSR count). The van der Waals surface area contributed by atoms with Crippen LogP contribution in [0.25, 0.3) is 10.9 Å². The van der Waals surface area contributed by atoms with E-state index in [2.05, 4.69) is 50.0 Å². The van der Waals surface area contributed by atoms with E-state index in [1.165, 1.54) is 5.56 Å². The predicted molar refractivity (Wildman–Crippen MR) is 124 cm³/mol. The van der Waals surface area contributed by atoms with E-state index in [0.717, 1.165) is 55.1 Å². The molecule has 1 fully saturated rings. The van der Waals surface area contributed by atoms with Crippen LogP contribution in [-0.4, -0.2) is 66.7 Å². The second-order valence-electron chi connectivity index (χ2n) is 8.42. The lowest BCUT2D eigenvalue weighted by molar-refractivity contribution is 0.0940. The largest absolute Gasteiger partial charge is 0.497 e. The number of fused-ring (bicyclic) bond motifs is 1. The fourth-order valence-corrected chi connectivity index (χ4v) is 4.20. The van der Waals surface area contributed by atoms with Crippen molar-refractivity contribution in [1.29, 1.82) is 0 Å². The van der Waals surface area contributed by atoms with Crippen LogP contribution >= 0.6 is 0 Å². The lowest BCUT2D eigenvalue weighted by Gasteiger charge is -2.33. The first-order valence-electron chi connectivity index (χ1n) is 10.8. The van der Waals surface area contributed by atoms with Gasteiger partial charge in [-0.1, -0.05) is 0 Å². The Morgan fingerprint density at radius 3 is 2.68 bits per heavy atom. The lowest BCUT2D eigenvalue weighted by atomic mass is 10.1. The van der Waals surface area contributed by atoms with Crippen molar-refractivity contribution in [3.8, 4) is 5.75 Å². The summed E-state index contributed by atoms with van der Waals surface area (Å²) in [6.07, 6.45) is 4.60. The molecule has 2 aromatic heterocycles. The van der Waals surface area contributed by atoms with Crippen LogP contribution in [0.4, 0.5) is 5.82 Å². The number of carbonyl (C=O) groups is 1. The average Bonchev–Trinajstić information content (AvgIpc) is 3.08. The van der Waals surface area contributed by atoms with Gasteiger partial charge in [-0.25, -0.2) is 4.98 Å². The molecule has 7 nitrogen and oxygen atoms in total. The number of hydrogen-bond acceptors (Lipinski definition) is 5. The normalized spacial score (nSPS) is 15.8. The quantitative estimate of drug-likeness (QED) is 0.663. The maximum absolute atomic E-state index is 12.9. The Kier molecular flexibility index (Phi) is 6.13. The molecule has 1 atom stereocenters. The SMILES string of the molecule is COc1ccc2c(c1)c(C[C@H](C)NC(=O)c1ccnc(N3CCN(C)CC3)c1)cn2C. The van der Waals surface area contributed by atoms with Crippen molar-refractivity contribution in [3.05, 3.63) is 53.9 Å². The topological polar surface area (TPSA) is 62.6 Å². The van der Waals surface area contributed by atoms with E-state index >= 15 is 0 Å². The Hall–Kier alpha value is -3.06. The van der Waals surface area contributed by atoms with Crippen LogP contribution in [0, 0.1) is 0 Å². The first kappa shape index (κ1) is 21.2. The number of benzene rings is 1. The zero-order valence-electron chi connectivity index (χ0n) is 18.8. The van der Waals surface area contributed by atoms with Gasteiger partial charge in [-0.2, -0.15) is 0 Å². The molecule has 1 amide bonds. The summed E-state index contributed by atoms with van der Waals surface area (Å²) < 4.78 is 7.50. The van der Waals surface area contributed by atoms with Gasteiger partial charge in [0.25, 0.3) is 5.91 Å². The summed E-state index contributed by atoms with van der Waals surface area (Å²) in [7, 11) is 5.85. The highest BCUT2D eigenvalue weighted by Gasteiger charge is 2.18. The molecule has 1 N–H and O–H groups in total. The molecule has 1 aliphatic rings. The van der Waals surface area contributed by atoms with Crippen molar-refractivity contribution in [3.63, 3.8) is 0 Å². The summed E-state index contributed by atoms with van der Waals surface area (Å²) in [6.45, 7) is 5.90. The number of nitrogens with zero attached hydrogens (tertiary/aromatic N) is 4. The van der Waals surface area contributed by atoms with E-state index in [1.807, 2.05) is 26.1 Å². The first-order valence-corrected chi connectivity index (χ1v) is 10.8. The summed E-state index contributed by atoms with van der Waals surface area (Å²) >= 11 is 0. The van der Waals surface area contributed by atoms with E-state index < -0.39 is 0 Å². The van der Waals surface area contributed by atoms with Crippen LogP contribution in [0.3, 0.4) is 0 Å². The Balaban J connectivity index is 1.45. The summed E-state index contributed by atoms with van der Waals surface area (Å²) in [5.74, 6) is 1.64. The second-order valence-corrected chi connectivity index (χ2v) is 8.42. The van der Waals surface area contributed by atoms with E-state index in [1.54, 1.807) is 19.4 Å². The number of nitrogens with one attached hydrogen (secondary N) is 1. The highest BCUT2D eigenvalue weighted by Crippen LogP contribution is 2.26. The molecule has 1 aliphatic heterocycles. The Morgan fingerprint density at radius 2 is 1.94 bits per heavy atom. The number of ether oxygens (including phenoxy) is 1. The highest BCUT2D eigenvalue weighted by molar-refractivity contribution is 5.95. The summed E-state index contributed by atoms with van der Waals surface area (Å²) in [5, 5.41) is 4.31. The molecule has 0 bridgehead atoms. The Morgan fingerprint density at radius 1 is 1.16 bits per heavy atom. The molecule has 0 spiro atoms. The van der Waals surface area contributed by atoms with Crippen molar-refractivity contribution in [2.24, 2.45) is 7.05 Å². The molecule has 1 aromatic carbocycles. The van der Waals surface area contributed by atoms with E-state index in [4.69, 9.17) is 4.74 Å². The Labute approximate surface area is 183 Å². The fraction of sp³-hybridized carbons (Fsp3) is 0.417. The number of pyridine rings is 1. The number of carbonyl (C=O) groups excluding carboxylic acids is 1. The zero-order chi connectivity index (χ0) is 22.0. The molecule has 164 valence electrons. The van der Waals surface area contributed by atoms with Gasteiger partial charge in [0, 0.05) is 68.1 Å². The molecule has 0 saturated carbocycles. The minimum atomic E-state index is -0.0666. The van der Waals surface area contributed by atoms with Crippen LogP contribution in [0.5, 0.6) is 5.75 Å². The third kappa shape index (κ3) is 4.66. The van der Waals surface area contributed by atoms with Crippen LogP contribution in [0.2, 0.25) is 0 Å². The molecule has 3 aromatic rings. The molecule has 0 unspecified atom stereocenters. The lowest BCUT2D eigenvalue weighted by Crippen LogP contribution is -2.45. The molecule has 1 saturated heterocycles. The van der Waals surface area contributed by atoms with Crippen LogP contribution in [-0.2, 0) is 13.5 Å². The minimum Gasteiger partial charge on any atom is -0.497 e. The monoisotopic (exact) mass is 421 g/mol. The number of hydrogen-bond donors (Lipinski definition) is 1. The number of methoxy groups -OCH3 is 1. The third-order valence-electron chi connectivity index (χ3n) is 6.02. The summed E-state index contributed by atoms with van der Waals surface area (Å²) in [5.41, 5.74) is 2.99. The van der Waals surface area contributed by atoms with Crippen LogP contribution in [0.1, 0.15) is 22.8 Å². The summed E-state index contributed by atoms with van der Waals surface area (Å²) in [6, 6.07) is 9.77. The zero-order valence-corrected chi connectivity index (χ0v) is 18.8. The second kappa shape index (κ2) is 8.98. The molecule has 0 radical (unpaired) electrons. The number of aryl methyl sites for hydroxylation is 1. The van der Waals surface area contributed by atoms with E-state index in [0.29, 0.717) is 5.56 Å². The van der Waals surface area contributed by atoms with Gasteiger partial charge in [0.2, 0.25) is 0 Å². The van der Waals surface area contributed by atoms with Crippen molar-refractivity contribution in [1.82, 2.24) is 19.8 Å². The van der Waals surface area contributed by atoms with Gasteiger partial charge >= 0.3 is 0 Å². The molecule has 3 heterocycles. The van der Waals surface area contributed by atoms with Crippen LogP contribution < -0.4 is 15.0 Å². The average molecular weight is 422 g/mol. The molecular formula is C24H31N5O2. The number of aromatic nitrogens is 2. The van der Waals surface area contributed by atoms with E-state index in [-0.39, 0.29) is 11.9 Å². The number of likely N-dealkylation sites (N-methyl/N-ethyl adjacent to an activating group) is 1. The molecule has 0 aliphatic carbocycles. The standard InChI is InChI=1S/C24H31N5O2/c1-17(13-19-16-28(3)22-6-5-20(31-4)15-21(19)22)26-24(30)18-7-8-25-23(14-18)29-11-9-27(2)10-12-29/h5-8,14-17H,9-13H2,1-4H3,(H,26,30)/t17-/m0/s1. The molecular weight excluding hydrogens is 390 g/mol. The Bertz CT molecular complexity index is 1070. The number of anilines is 1.